The second kappa shape index (κ2) is 3.68. The third-order valence-electron chi connectivity index (χ3n) is 0.494. The van der Waals surface area contributed by atoms with E-state index < -0.39 is 14.1 Å². The predicted molar refractivity (Wildman–Crippen MR) is 47.2 cm³/mol. The molecule has 0 aromatic carbocycles. The molecule has 0 saturated heterocycles. The third-order valence-corrected chi connectivity index (χ3v) is 1.57. The molecule has 0 rings (SSSR count). The van der Waals surface area contributed by atoms with Crippen molar-refractivity contribution in [2.24, 2.45) is 5.73 Å². The number of nitrogens with two attached hydrogens (primary N) is 1. The third kappa shape index (κ3) is 4.24. The highest BCUT2D eigenvalue weighted by atomic mass is 80.0. The van der Waals surface area contributed by atoms with Gasteiger partial charge in [0, 0.05) is 0 Å². The molecule has 58 valence electrons. The van der Waals surface area contributed by atoms with Crippen molar-refractivity contribution in [1.82, 2.24) is 5.32 Å². The van der Waals surface area contributed by atoms with Crippen LogP contribution in [0.1, 0.15) is 0 Å². The first kappa shape index (κ1) is 10.4. The maximum atomic E-state index is 10.7. The summed E-state index contributed by atoms with van der Waals surface area (Å²) in [6.07, 6.45) is 0. The monoisotopic (exact) mass is 336 g/mol. The van der Waals surface area contributed by atoms with E-state index in [2.05, 4.69) is 53.5 Å². The molecule has 0 fully saturated rings. The highest BCUT2D eigenvalue weighted by molar-refractivity contribution is 9.40. The van der Waals surface area contributed by atoms with Crippen molar-refractivity contribution in [3.63, 3.8) is 0 Å². The second-order valence-corrected chi connectivity index (χ2v) is 8.08. The Morgan fingerprint density at radius 3 is 1.80 bits per heavy atom. The van der Waals surface area contributed by atoms with E-state index in [0.717, 1.165) is 0 Å². The van der Waals surface area contributed by atoms with Crippen molar-refractivity contribution in [2.45, 2.75) is 2.14 Å². The lowest BCUT2D eigenvalue weighted by atomic mass is 10.7. The van der Waals surface area contributed by atoms with Crippen LogP contribution < -0.4 is 11.1 Å². The Hall–Kier alpha value is 0.380. The van der Waals surface area contributed by atoms with Gasteiger partial charge < -0.3 is 5.73 Å². The maximum Gasteiger partial charge on any atom is 0.318 e. The first-order valence-electron chi connectivity index (χ1n) is 2.01. The topological polar surface area (TPSA) is 72.2 Å². The number of hydrogen-bond acceptors (Lipinski definition) is 2. The van der Waals surface area contributed by atoms with Crippen molar-refractivity contribution >= 4 is 59.7 Å². The van der Waals surface area contributed by atoms with Crippen LogP contribution in [0.15, 0.2) is 0 Å². The van der Waals surface area contributed by atoms with E-state index in [1.165, 1.54) is 0 Å². The highest BCUT2D eigenvalue weighted by Crippen LogP contribution is 2.33. The molecular formula is C3H3Br3N2O2. The van der Waals surface area contributed by atoms with Crippen LogP contribution in [0.5, 0.6) is 0 Å². The van der Waals surface area contributed by atoms with Gasteiger partial charge in [0.05, 0.1) is 0 Å². The van der Waals surface area contributed by atoms with Gasteiger partial charge in [0.25, 0.3) is 5.91 Å². The lowest BCUT2D eigenvalue weighted by Crippen LogP contribution is -2.41. The number of primary amides is 1. The number of nitrogens with one attached hydrogen (secondary N) is 1. The summed E-state index contributed by atoms with van der Waals surface area (Å²) in [6, 6.07) is -0.896. The largest absolute Gasteiger partial charge is 0.351 e. The Labute approximate surface area is 82.3 Å². The fourth-order valence-corrected chi connectivity index (χ4v) is 0.480. The number of carbonyl (C=O) groups excluding carboxylic acids is 2. The van der Waals surface area contributed by atoms with Gasteiger partial charge in [-0.15, -0.1) is 0 Å². The van der Waals surface area contributed by atoms with Gasteiger partial charge in [-0.3, -0.25) is 10.1 Å². The van der Waals surface area contributed by atoms with Gasteiger partial charge in [0.15, 0.2) is 0 Å². The highest BCUT2D eigenvalue weighted by Gasteiger charge is 2.29. The minimum Gasteiger partial charge on any atom is -0.351 e. The molecule has 0 unspecified atom stereocenters. The molecule has 0 spiro atoms. The predicted octanol–water partition coefficient (Wildman–Crippen LogP) is 1.02. The normalized spacial score (nSPS) is 10.7. The van der Waals surface area contributed by atoms with Gasteiger partial charge in [0.2, 0.25) is 2.14 Å². The molecule has 0 bridgehead atoms. The zero-order valence-corrected chi connectivity index (χ0v) is 9.29. The maximum absolute atomic E-state index is 10.7. The van der Waals surface area contributed by atoms with Crippen LogP contribution in [0.4, 0.5) is 4.79 Å². The molecule has 0 heterocycles. The smallest absolute Gasteiger partial charge is 0.318 e. The first-order valence-corrected chi connectivity index (χ1v) is 4.39. The summed E-state index contributed by atoms with van der Waals surface area (Å²) >= 11 is 8.66. The molecule has 0 atom stereocenters. The van der Waals surface area contributed by atoms with Crippen LogP contribution in [0.2, 0.25) is 0 Å². The van der Waals surface area contributed by atoms with Crippen molar-refractivity contribution in [3.8, 4) is 0 Å². The van der Waals surface area contributed by atoms with Crippen LogP contribution in [-0.2, 0) is 4.79 Å². The Balaban J connectivity index is 3.99. The standard InChI is InChI=1S/C3H3Br3N2O2/c4-3(5,6)1(9)8-2(7)10/h(H3,7,8,9,10). The van der Waals surface area contributed by atoms with Crippen LogP contribution >= 0.6 is 47.8 Å². The Bertz CT molecular complexity index is 164. The number of carbonyl (C=O) groups is 2. The molecule has 3 N–H and O–H groups in total. The summed E-state index contributed by atoms with van der Waals surface area (Å²) in [6.45, 7) is 0. The minimum atomic E-state index is -1.12. The fraction of sp³-hybridized carbons (Fsp3) is 0.333. The van der Waals surface area contributed by atoms with Crippen LogP contribution in [0.25, 0.3) is 0 Å². The molecule has 0 aliphatic carbocycles. The van der Waals surface area contributed by atoms with Gasteiger partial charge >= 0.3 is 6.03 Å². The van der Waals surface area contributed by atoms with Gasteiger partial charge in [-0.2, -0.15) is 0 Å². The van der Waals surface area contributed by atoms with Crippen molar-refractivity contribution in [1.29, 1.82) is 0 Å². The van der Waals surface area contributed by atoms with E-state index in [-0.39, 0.29) is 0 Å². The SMILES string of the molecule is NC(=O)NC(=O)C(Br)(Br)Br. The Morgan fingerprint density at radius 2 is 1.70 bits per heavy atom. The fourth-order valence-electron chi connectivity index (χ4n) is 0.183. The molecule has 3 amide bonds. The minimum absolute atomic E-state index is 0.611. The molecule has 0 aromatic rings. The first-order chi connectivity index (χ1) is 4.34. The van der Waals surface area contributed by atoms with Crippen LogP contribution in [-0.4, -0.2) is 14.1 Å². The molecule has 4 nitrogen and oxygen atoms in total. The van der Waals surface area contributed by atoms with Crippen molar-refractivity contribution in [3.05, 3.63) is 0 Å². The lowest BCUT2D eigenvalue weighted by molar-refractivity contribution is -0.118. The van der Waals surface area contributed by atoms with Gasteiger partial charge in [-0.1, -0.05) is 0 Å². The van der Waals surface area contributed by atoms with E-state index in [1.807, 2.05) is 5.32 Å². The average Bonchev–Trinajstić information content (AvgIpc) is 1.60. The van der Waals surface area contributed by atoms with E-state index in [4.69, 9.17) is 0 Å². The number of rotatable bonds is 0. The summed E-state index contributed by atoms with van der Waals surface area (Å²) < 4.78 is -1.12. The summed E-state index contributed by atoms with van der Waals surface area (Å²) in [5.41, 5.74) is 4.66. The summed E-state index contributed by atoms with van der Waals surface area (Å²) in [5.74, 6) is -0.611. The molecule has 0 saturated carbocycles. The summed E-state index contributed by atoms with van der Waals surface area (Å²) in [5, 5.41) is 1.84. The van der Waals surface area contributed by atoms with Crippen LogP contribution in [0.3, 0.4) is 0 Å². The average molecular weight is 339 g/mol. The molecule has 7 heteroatoms. The Kier molecular flexibility index (Phi) is 3.82. The molecular weight excluding hydrogens is 336 g/mol. The van der Waals surface area contributed by atoms with Gasteiger partial charge in [0.1, 0.15) is 0 Å². The zero-order chi connectivity index (χ0) is 8.36. The molecule has 0 aliphatic rings. The number of halogens is 3. The van der Waals surface area contributed by atoms with Crippen molar-refractivity contribution in [2.75, 3.05) is 0 Å². The number of amides is 3. The van der Waals surface area contributed by atoms with E-state index in [1.54, 1.807) is 0 Å². The lowest BCUT2D eigenvalue weighted by Gasteiger charge is -2.08. The summed E-state index contributed by atoms with van der Waals surface area (Å²) in [7, 11) is 0. The van der Waals surface area contributed by atoms with E-state index in [0.29, 0.717) is 0 Å². The van der Waals surface area contributed by atoms with E-state index in [9.17, 15) is 9.59 Å². The number of urea groups is 1. The quantitative estimate of drug-likeness (QED) is 0.647. The molecule has 10 heavy (non-hydrogen) atoms. The van der Waals surface area contributed by atoms with Gasteiger partial charge in [-0.25, -0.2) is 4.79 Å². The zero-order valence-electron chi connectivity index (χ0n) is 4.53. The second-order valence-electron chi connectivity index (χ2n) is 1.32. The number of alkyl halides is 3. The van der Waals surface area contributed by atoms with Gasteiger partial charge in [-0.05, 0) is 47.8 Å². The summed E-state index contributed by atoms with van der Waals surface area (Å²) in [4.78, 5) is 20.8. The van der Waals surface area contributed by atoms with Crippen LogP contribution in [0, 0.1) is 0 Å². The molecule has 0 aromatic heterocycles. The number of imide groups is 1. The molecule has 0 aliphatic heterocycles. The Morgan fingerprint density at radius 1 is 1.30 bits per heavy atom. The van der Waals surface area contributed by atoms with E-state index >= 15 is 0 Å². The molecule has 0 radical (unpaired) electrons. The van der Waals surface area contributed by atoms with Crippen molar-refractivity contribution < 1.29 is 9.59 Å². The number of hydrogen-bond donors (Lipinski definition) is 2.